The van der Waals surface area contributed by atoms with Gasteiger partial charge in [0.15, 0.2) is 0 Å². The standard InChI is InChI=1S/C8H14N6/c1-10-8(12-9)14-5-4-13-3-2-11-7(13)6-14/h2-3H,4-6,9H2,1H3,(H,10,12). The van der Waals surface area contributed by atoms with Gasteiger partial charge in [0, 0.05) is 32.5 Å². The molecule has 1 aliphatic heterocycles. The van der Waals surface area contributed by atoms with Gasteiger partial charge in [-0.2, -0.15) is 0 Å². The Balaban J connectivity index is 2.14. The minimum absolute atomic E-state index is 0.708. The lowest BCUT2D eigenvalue weighted by Gasteiger charge is -2.29. The molecule has 0 aromatic carbocycles. The van der Waals surface area contributed by atoms with Gasteiger partial charge >= 0.3 is 0 Å². The Hall–Kier alpha value is -1.56. The van der Waals surface area contributed by atoms with Crippen LogP contribution in [0.2, 0.25) is 0 Å². The van der Waals surface area contributed by atoms with Crippen molar-refractivity contribution in [2.24, 2.45) is 10.8 Å². The normalized spacial score (nSPS) is 16.7. The molecule has 6 nitrogen and oxygen atoms in total. The van der Waals surface area contributed by atoms with Crippen molar-refractivity contribution in [1.82, 2.24) is 19.9 Å². The maximum Gasteiger partial charge on any atom is 0.208 e. The summed E-state index contributed by atoms with van der Waals surface area (Å²) in [6, 6.07) is 0. The van der Waals surface area contributed by atoms with Gasteiger partial charge in [0.25, 0.3) is 0 Å². The molecule has 1 aromatic rings. The number of hydrazine groups is 1. The summed E-state index contributed by atoms with van der Waals surface area (Å²) in [6.07, 6.45) is 3.81. The van der Waals surface area contributed by atoms with Gasteiger partial charge in [-0.1, -0.05) is 0 Å². The van der Waals surface area contributed by atoms with E-state index in [1.165, 1.54) is 0 Å². The first kappa shape index (κ1) is 9.01. The Morgan fingerprint density at radius 1 is 1.64 bits per heavy atom. The second-order valence-corrected chi connectivity index (χ2v) is 3.15. The van der Waals surface area contributed by atoms with Gasteiger partial charge in [-0.15, -0.1) is 0 Å². The summed E-state index contributed by atoms with van der Waals surface area (Å²) in [5.41, 5.74) is 2.58. The summed E-state index contributed by atoms with van der Waals surface area (Å²) in [6.45, 7) is 2.58. The molecule has 0 bridgehead atoms. The van der Waals surface area contributed by atoms with Crippen LogP contribution >= 0.6 is 0 Å². The third kappa shape index (κ3) is 1.44. The molecule has 0 atom stereocenters. The van der Waals surface area contributed by atoms with Crippen LogP contribution in [0.15, 0.2) is 17.4 Å². The van der Waals surface area contributed by atoms with Crippen molar-refractivity contribution in [3.63, 3.8) is 0 Å². The molecule has 1 aliphatic rings. The van der Waals surface area contributed by atoms with Crippen molar-refractivity contribution in [3.8, 4) is 0 Å². The molecular formula is C8H14N6. The molecule has 3 N–H and O–H groups in total. The summed E-state index contributed by atoms with van der Waals surface area (Å²) in [5.74, 6) is 7.12. The zero-order valence-electron chi connectivity index (χ0n) is 8.14. The molecule has 0 saturated carbocycles. The van der Waals surface area contributed by atoms with Crippen LogP contribution in [-0.2, 0) is 13.1 Å². The number of hydrogen-bond acceptors (Lipinski definition) is 3. The van der Waals surface area contributed by atoms with Gasteiger partial charge in [0.05, 0.1) is 6.54 Å². The van der Waals surface area contributed by atoms with E-state index in [1.54, 1.807) is 7.05 Å². The minimum Gasteiger partial charge on any atom is -0.333 e. The highest BCUT2D eigenvalue weighted by Gasteiger charge is 2.18. The lowest BCUT2D eigenvalue weighted by atomic mass is 10.4. The first-order chi connectivity index (χ1) is 6.85. The molecule has 76 valence electrons. The molecule has 0 aliphatic carbocycles. The Bertz CT molecular complexity index is 341. The second kappa shape index (κ2) is 3.67. The van der Waals surface area contributed by atoms with Gasteiger partial charge in [-0.25, -0.2) is 10.8 Å². The van der Waals surface area contributed by atoms with Crippen molar-refractivity contribution in [1.29, 1.82) is 0 Å². The molecular weight excluding hydrogens is 180 g/mol. The monoisotopic (exact) mass is 194 g/mol. The van der Waals surface area contributed by atoms with Gasteiger partial charge in [-0.3, -0.25) is 10.4 Å². The number of rotatable bonds is 0. The number of aliphatic imine (C=N–C) groups is 1. The minimum atomic E-state index is 0.708. The molecule has 2 heterocycles. The van der Waals surface area contributed by atoms with Crippen LogP contribution in [0.4, 0.5) is 0 Å². The fourth-order valence-electron chi connectivity index (χ4n) is 1.65. The predicted octanol–water partition coefficient (Wildman–Crippen LogP) is -0.852. The second-order valence-electron chi connectivity index (χ2n) is 3.15. The number of guanidine groups is 1. The lowest BCUT2D eigenvalue weighted by molar-refractivity contribution is 0.320. The predicted molar refractivity (Wildman–Crippen MR) is 53.3 cm³/mol. The smallest absolute Gasteiger partial charge is 0.208 e. The Morgan fingerprint density at radius 3 is 3.21 bits per heavy atom. The van der Waals surface area contributed by atoms with Crippen LogP contribution in [-0.4, -0.2) is 34.0 Å². The zero-order valence-corrected chi connectivity index (χ0v) is 8.14. The van der Waals surface area contributed by atoms with Gasteiger partial charge < -0.3 is 9.47 Å². The molecule has 0 saturated heterocycles. The van der Waals surface area contributed by atoms with E-state index in [-0.39, 0.29) is 0 Å². The first-order valence-corrected chi connectivity index (χ1v) is 4.53. The number of aromatic nitrogens is 2. The van der Waals surface area contributed by atoms with Gasteiger partial charge in [0.2, 0.25) is 5.96 Å². The van der Waals surface area contributed by atoms with Crippen molar-refractivity contribution < 1.29 is 0 Å². The SMILES string of the molecule is CN=C(NN)N1CCn2ccnc2C1. The average Bonchev–Trinajstić information content (AvgIpc) is 2.66. The Labute approximate surface area is 82.4 Å². The maximum absolute atomic E-state index is 5.36. The third-order valence-electron chi connectivity index (χ3n) is 2.39. The highest BCUT2D eigenvalue weighted by Crippen LogP contribution is 2.09. The summed E-state index contributed by atoms with van der Waals surface area (Å²) in [5, 5.41) is 0. The molecule has 0 fully saturated rings. The molecule has 2 rings (SSSR count). The summed E-state index contributed by atoms with van der Waals surface area (Å²) >= 11 is 0. The van der Waals surface area contributed by atoms with Crippen LogP contribution in [0.5, 0.6) is 0 Å². The molecule has 0 unspecified atom stereocenters. The van der Waals surface area contributed by atoms with Crippen LogP contribution < -0.4 is 11.3 Å². The van der Waals surface area contributed by atoms with E-state index in [0.717, 1.165) is 25.5 Å². The van der Waals surface area contributed by atoms with Gasteiger partial charge in [-0.05, 0) is 0 Å². The fraction of sp³-hybridized carbons (Fsp3) is 0.500. The summed E-state index contributed by atoms with van der Waals surface area (Å²) in [7, 11) is 1.72. The van der Waals surface area contributed by atoms with Crippen molar-refractivity contribution in [2.75, 3.05) is 13.6 Å². The molecule has 6 heteroatoms. The molecule has 14 heavy (non-hydrogen) atoms. The first-order valence-electron chi connectivity index (χ1n) is 4.53. The third-order valence-corrected chi connectivity index (χ3v) is 2.39. The highest BCUT2D eigenvalue weighted by molar-refractivity contribution is 5.79. The van der Waals surface area contributed by atoms with E-state index in [9.17, 15) is 0 Å². The molecule has 0 amide bonds. The fourth-order valence-corrected chi connectivity index (χ4v) is 1.65. The van der Waals surface area contributed by atoms with Crippen molar-refractivity contribution >= 4 is 5.96 Å². The topological polar surface area (TPSA) is 71.5 Å². The van der Waals surface area contributed by atoms with E-state index in [1.807, 2.05) is 12.4 Å². The Kier molecular flexibility index (Phi) is 2.36. The van der Waals surface area contributed by atoms with E-state index in [4.69, 9.17) is 5.84 Å². The van der Waals surface area contributed by atoms with Crippen LogP contribution in [0.1, 0.15) is 5.82 Å². The average molecular weight is 194 g/mol. The van der Waals surface area contributed by atoms with Crippen molar-refractivity contribution in [3.05, 3.63) is 18.2 Å². The van der Waals surface area contributed by atoms with E-state index in [2.05, 4.69) is 24.9 Å². The van der Waals surface area contributed by atoms with Crippen LogP contribution in [0.3, 0.4) is 0 Å². The summed E-state index contributed by atoms with van der Waals surface area (Å²) in [4.78, 5) is 10.4. The van der Waals surface area contributed by atoms with Crippen molar-refractivity contribution in [2.45, 2.75) is 13.1 Å². The number of nitrogens with one attached hydrogen (secondary N) is 1. The maximum atomic E-state index is 5.36. The zero-order chi connectivity index (χ0) is 9.97. The van der Waals surface area contributed by atoms with Crippen LogP contribution in [0.25, 0.3) is 0 Å². The summed E-state index contributed by atoms with van der Waals surface area (Å²) < 4.78 is 2.14. The quantitative estimate of drug-likeness (QED) is 0.244. The lowest BCUT2D eigenvalue weighted by Crippen LogP contribution is -2.47. The molecule has 1 aromatic heterocycles. The van der Waals surface area contributed by atoms with E-state index < -0.39 is 0 Å². The van der Waals surface area contributed by atoms with E-state index in [0.29, 0.717) is 5.96 Å². The van der Waals surface area contributed by atoms with E-state index >= 15 is 0 Å². The van der Waals surface area contributed by atoms with Gasteiger partial charge in [0.1, 0.15) is 5.82 Å². The number of nitrogens with zero attached hydrogens (tertiary/aromatic N) is 4. The number of fused-ring (bicyclic) bond motifs is 1. The number of hydrogen-bond donors (Lipinski definition) is 2. The largest absolute Gasteiger partial charge is 0.333 e. The van der Waals surface area contributed by atoms with Crippen LogP contribution in [0, 0.1) is 0 Å². The number of nitrogens with two attached hydrogens (primary N) is 1. The molecule has 0 spiro atoms. The highest BCUT2D eigenvalue weighted by atomic mass is 15.4. The molecule has 0 radical (unpaired) electrons. The number of imidazole rings is 1. The Morgan fingerprint density at radius 2 is 2.50 bits per heavy atom.